The maximum Gasteiger partial charge on any atom is 0.307 e. The number of carbonyl (C=O) groups excluding carboxylic acids is 1. The van der Waals surface area contributed by atoms with Crippen molar-refractivity contribution in [3.63, 3.8) is 0 Å². The molecule has 3 rings (SSSR count). The number of hydrogen-bond donors (Lipinski definition) is 2. The predicted molar refractivity (Wildman–Crippen MR) is 118 cm³/mol. The molecule has 3 aromatic carbocycles. The van der Waals surface area contributed by atoms with E-state index in [4.69, 9.17) is 14.6 Å². The largest absolute Gasteiger partial charge is 0.497 e. The molecule has 0 atom stereocenters. The number of nitrogens with one attached hydrogen (secondary N) is 1. The predicted octanol–water partition coefficient (Wildman–Crippen LogP) is 3.96. The molecule has 0 saturated carbocycles. The van der Waals surface area contributed by atoms with Gasteiger partial charge in [0.05, 0.1) is 19.1 Å². The summed E-state index contributed by atoms with van der Waals surface area (Å²) in [4.78, 5) is 23.2. The molecular formula is C25H22N2O5. The fourth-order valence-corrected chi connectivity index (χ4v) is 3.05. The van der Waals surface area contributed by atoms with Crippen molar-refractivity contribution in [3.05, 3.63) is 89.0 Å². The lowest BCUT2D eigenvalue weighted by molar-refractivity contribution is -0.136. The average molecular weight is 430 g/mol. The van der Waals surface area contributed by atoms with Crippen LogP contribution in [-0.4, -0.2) is 30.6 Å². The zero-order valence-corrected chi connectivity index (χ0v) is 17.5. The molecule has 0 fully saturated rings. The zero-order valence-electron chi connectivity index (χ0n) is 17.5. The van der Waals surface area contributed by atoms with E-state index in [1.807, 2.05) is 30.3 Å². The monoisotopic (exact) mass is 430 g/mol. The van der Waals surface area contributed by atoms with Crippen molar-refractivity contribution < 1.29 is 24.2 Å². The Morgan fingerprint density at radius 1 is 0.969 bits per heavy atom. The van der Waals surface area contributed by atoms with Gasteiger partial charge < -0.3 is 19.9 Å². The number of benzene rings is 3. The van der Waals surface area contributed by atoms with Crippen molar-refractivity contribution in [1.29, 1.82) is 5.26 Å². The minimum absolute atomic E-state index is 0.169. The molecule has 0 unspecified atom stereocenters. The molecule has 0 aromatic heterocycles. The number of hydrogen-bond acceptors (Lipinski definition) is 5. The van der Waals surface area contributed by atoms with Crippen LogP contribution in [0.3, 0.4) is 0 Å². The van der Waals surface area contributed by atoms with Gasteiger partial charge in [0.2, 0.25) is 0 Å². The standard InChI is InChI=1S/C25H22N2O5/c1-31-21-7-2-17(3-8-21)12-13-27-25(30)19-5-9-22(10-6-19)32-23-11-4-18(15-24(28)29)14-20(23)16-26/h2-11,14H,12-13,15H2,1H3,(H,27,30)(H,28,29). The van der Waals surface area contributed by atoms with E-state index in [-0.39, 0.29) is 17.9 Å². The summed E-state index contributed by atoms with van der Waals surface area (Å²) in [7, 11) is 1.62. The molecule has 7 heteroatoms. The highest BCUT2D eigenvalue weighted by Crippen LogP contribution is 2.26. The van der Waals surface area contributed by atoms with Gasteiger partial charge in [0.1, 0.15) is 23.3 Å². The normalized spacial score (nSPS) is 10.1. The molecule has 2 N–H and O–H groups in total. The maximum atomic E-state index is 12.4. The van der Waals surface area contributed by atoms with Crippen LogP contribution in [0, 0.1) is 11.3 Å². The summed E-state index contributed by atoms with van der Waals surface area (Å²) in [5.41, 5.74) is 2.34. The number of rotatable bonds is 9. The third kappa shape index (κ3) is 6.09. The van der Waals surface area contributed by atoms with Crippen molar-refractivity contribution in [2.24, 2.45) is 0 Å². The van der Waals surface area contributed by atoms with E-state index >= 15 is 0 Å². The molecule has 0 aliphatic carbocycles. The second kappa shape index (κ2) is 10.6. The molecule has 32 heavy (non-hydrogen) atoms. The Morgan fingerprint density at radius 2 is 1.62 bits per heavy atom. The average Bonchev–Trinajstić information content (AvgIpc) is 2.80. The Hall–Kier alpha value is -4.31. The number of carboxylic acids is 1. The molecule has 0 saturated heterocycles. The minimum atomic E-state index is -0.972. The topological polar surface area (TPSA) is 109 Å². The molecule has 0 aliphatic rings. The van der Waals surface area contributed by atoms with Crippen LogP contribution < -0.4 is 14.8 Å². The molecule has 0 heterocycles. The minimum Gasteiger partial charge on any atom is -0.497 e. The van der Waals surface area contributed by atoms with E-state index in [9.17, 15) is 14.9 Å². The lowest BCUT2D eigenvalue weighted by atomic mass is 10.1. The smallest absolute Gasteiger partial charge is 0.307 e. The van der Waals surface area contributed by atoms with Gasteiger partial charge in [0.25, 0.3) is 5.91 Å². The summed E-state index contributed by atoms with van der Waals surface area (Å²) in [6, 6.07) is 20.9. The van der Waals surface area contributed by atoms with Crippen LogP contribution in [0.25, 0.3) is 0 Å². The molecule has 0 bridgehead atoms. The highest BCUT2D eigenvalue weighted by atomic mass is 16.5. The molecule has 0 spiro atoms. The molecule has 0 radical (unpaired) electrons. The first-order chi connectivity index (χ1) is 15.5. The maximum absolute atomic E-state index is 12.4. The summed E-state index contributed by atoms with van der Waals surface area (Å²) in [5, 5.41) is 21.1. The Bertz CT molecular complexity index is 1130. The number of nitrogens with zero attached hydrogens (tertiary/aromatic N) is 1. The van der Waals surface area contributed by atoms with E-state index in [2.05, 4.69) is 5.32 Å². The molecule has 1 amide bonds. The lowest BCUT2D eigenvalue weighted by Gasteiger charge is -2.10. The van der Waals surface area contributed by atoms with Crippen molar-refractivity contribution in [3.8, 4) is 23.3 Å². The summed E-state index contributed by atoms with van der Waals surface area (Å²) < 4.78 is 10.9. The number of carbonyl (C=O) groups is 2. The van der Waals surface area contributed by atoms with E-state index in [1.54, 1.807) is 43.5 Å². The number of ether oxygens (including phenoxy) is 2. The van der Waals surface area contributed by atoms with Crippen LogP contribution in [-0.2, 0) is 17.6 Å². The van der Waals surface area contributed by atoms with Crippen molar-refractivity contribution in [2.75, 3.05) is 13.7 Å². The highest BCUT2D eigenvalue weighted by molar-refractivity contribution is 5.94. The van der Waals surface area contributed by atoms with Gasteiger partial charge in [0.15, 0.2) is 0 Å². The van der Waals surface area contributed by atoms with Crippen LogP contribution in [0.15, 0.2) is 66.7 Å². The Kier molecular flexibility index (Phi) is 7.44. The molecule has 162 valence electrons. The second-order valence-electron chi connectivity index (χ2n) is 6.99. The van der Waals surface area contributed by atoms with Crippen LogP contribution >= 0.6 is 0 Å². The highest BCUT2D eigenvalue weighted by Gasteiger charge is 2.10. The summed E-state index contributed by atoms with van der Waals surface area (Å²) in [5.74, 6) is 0.403. The van der Waals surface area contributed by atoms with Gasteiger partial charge in [-0.1, -0.05) is 18.2 Å². The number of amides is 1. The van der Waals surface area contributed by atoms with Crippen molar-refractivity contribution in [1.82, 2.24) is 5.32 Å². The van der Waals surface area contributed by atoms with E-state index in [0.29, 0.717) is 35.6 Å². The van der Waals surface area contributed by atoms with E-state index < -0.39 is 5.97 Å². The lowest BCUT2D eigenvalue weighted by Crippen LogP contribution is -2.25. The Labute approximate surface area is 185 Å². The third-order valence-corrected chi connectivity index (χ3v) is 4.72. The van der Waals surface area contributed by atoms with Crippen LogP contribution in [0.2, 0.25) is 0 Å². The third-order valence-electron chi connectivity index (χ3n) is 4.72. The quantitative estimate of drug-likeness (QED) is 0.532. The first-order valence-corrected chi connectivity index (χ1v) is 9.92. The first kappa shape index (κ1) is 22.4. The van der Waals surface area contributed by atoms with Gasteiger partial charge in [-0.3, -0.25) is 9.59 Å². The molecule has 0 aliphatic heterocycles. The van der Waals surface area contributed by atoms with Crippen LogP contribution in [0.4, 0.5) is 0 Å². The fourth-order valence-electron chi connectivity index (χ4n) is 3.05. The number of aliphatic carboxylic acids is 1. The first-order valence-electron chi connectivity index (χ1n) is 9.92. The van der Waals surface area contributed by atoms with Gasteiger partial charge in [-0.25, -0.2) is 0 Å². The van der Waals surface area contributed by atoms with E-state index in [0.717, 1.165) is 11.3 Å². The summed E-state index contributed by atoms with van der Waals surface area (Å²) in [6.45, 7) is 0.498. The second-order valence-corrected chi connectivity index (χ2v) is 6.99. The van der Waals surface area contributed by atoms with Crippen LogP contribution in [0.1, 0.15) is 27.0 Å². The van der Waals surface area contributed by atoms with Gasteiger partial charge in [0, 0.05) is 12.1 Å². The number of carboxylic acid groups (broad SMARTS) is 1. The fraction of sp³-hybridized carbons (Fsp3) is 0.160. The molecule has 7 nitrogen and oxygen atoms in total. The van der Waals surface area contributed by atoms with E-state index in [1.165, 1.54) is 6.07 Å². The zero-order chi connectivity index (χ0) is 22.9. The van der Waals surface area contributed by atoms with Gasteiger partial charge in [-0.05, 0) is 66.1 Å². The number of methoxy groups -OCH3 is 1. The SMILES string of the molecule is COc1ccc(CCNC(=O)c2ccc(Oc3ccc(CC(=O)O)cc3C#N)cc2)cc1. The molecule has 3 aromatic rings. The molecular weight excluding hydrogens is 408 g/mol. The summed E-state index contributed by atoms with van der Waals surface area (Å²) in [6.07, 6.45) is 0.531. The summed E-state index contributed by atoms with van der Waals surface area (Å²) >= 11 is 0. The number of nitriles is 1. The van der Waals surface area contributed by atoms with Crippen molar-refractivity contribution >= 4 is 11.9 Å². The van der Waals surface area contributed by atoms with Gasteiger partial charge >= 0.3 is 5.97 Å². The van der Waals surface area contributed by atoms with Gasteiger partial charge in [-0.15, -0.1) is 0 Å². The van der Waals surface area contributed by atoms with Crippen LogP contribution in [0.5, 0.6) is 17.2 Å². The Morgan fingerprint density at radius 3 is 2.25 bits per heavy atom. The van der Waals surface area contributed by atoms with Gasteiger partial charge in [-0.2, -0.15) is 5.26 Å². The Balaban J connectivity index is 1.56. The van der Waals surface area contributed by atoms with Crippen molar-refractivity contribution in [2.45, 2.75) is 12.8 Å².